The molecule has 3 N–H and O–H groups in total. The molecule has 0 aromatic heterocycles. The summed E-state index contributed by atoms with van der Waals surface area (Å²) in [5, 5.41) is 7.57. The maximum absolute atomic E-state index is 12.6. The Labute approximate surface area is 95.2 Å². The fraction of sp³-hybridized carbons (Fsp3) is 0.500. The van der Waals surface area contributed by atoms with Crippen LogP contribution < -0.4 is 5.73 Å². The van der Waals surface area contributed by atoms with Crippen molar-refractivity contribution in [2.24, 2.45) is 11.1 Å². The van der Waals surface area contributed by atoms with Gasteiger partial charge in [-0.05, 0) is 25.3 Å². The van der Waals surface area contributed by atoms with Gasteiger partial charge in [0.25, 0.3) is 5.91 Å². The Hall–Kier alpha value is -1.66. The SMILES string of the molecule is CC1(C=O)CC/C(=C(/C(N)=O)C(F)(F)F)C1=N. The second kappa shape index (κ2) is 3.97. The number of carbonyl (C=O) groups excluding carboxylic acids is 2. The number of primary amides is 1. The molecule has 0 aliphatic heterocycles. The molecule has 1 saturated carbocycles. The number of halogens is 3. The van der Waals surface area contributed by atoms with E-state index in [0.29, 0.717) is 6.29 Å². The first-order chi connectivity index (χ1) is 7.63. The normalized spacial score (nSPS) is 28.1. The van der Waals surface area contributed by atoms with Crippen LogP contribution in [-0.4, -0.2) is 24.1 Å². The summed E-state index contributed by atoms with van der Waals surface area (Å²) < 4.78 is 37.8. The van der Waals surface area contributed by atoms with Crippen molar-refractivity contribution in [2.75, 3.05) is 0 Å². The van der Waals surface area contributed by atoms with Crippen molar-refractivity contribution in [1.82, 2.24) is 0 Å². The Kier molecular flexibility index (Phi) is 3.13. The van der Waals surface area contributed by atoms with E-state index >= 15 is 0 Å². The third-order valence-corrected chi connectivity index (χ3v) is 2.86. The molecule has 0 spiro atoms. The molecule has 0 saturated heterocycles. The fourth-order valence-electron chi connectivity index (χ4n) is 1.81. The number of allylic oxidation sites excluding steroid dienone is 1. The third-order valence-electron chi connectivity index (χ3n) is 2.86. The van der Waals surface area contributed by atoms with Crippen molar-refractivity contribution in [3.8, 4) is 0 Å². The molecule has 0 heterocycles. The number of alkyl halides is 3. The van der Waals surface area contributed by atoms with Gasteiger partial charge in [0.2, 0.25) is 0 Å². The van der Waals surface area contributed by atoms with E-state index in [1.807, 2.05) is 0 Å². The van der Waals surface area contributed by atoms with Crippen LogP contribution in [0.15, 0.2) is 11.1 Å². The minimum Gasteiger partial charge on any atom is -0.366 e. The van der Waals surface area contributed by atoms with Crippen LogP contribution in [0.4, 0.5) is 13.2 Å². The molecule has 4 nitrogen and oxygen atoms in total. The molecular weight excluding hydrogens is 237 g/mol. The smallest absolute Gasteiger partial charge is 0.366 e. The van der Waals surface area contributed by atoms with Gasteiger partial charge in [-0.1, -0.05) is 0 Å². The molecule has 94 valence electrons. The van der Waals surface area contributed by atoms with Crippen molar-refractivity contribution >= 4 is 17.9 Å². The number of nitrogens with two attached hydrogens (primary N) is 1. The number of amides is 1. The molecule has 0 bridgehead atoms. The molecule has 1 unspecified atom stereocenters. The van der Waals surface area contributed by atoms with E-state index in [1.165, 1.54) is 6.92 Å². The van der Waals surface area contributed by atoms with Crippen molar-refractivity contribution in [3.63, 3.8) is 0 Å². The molecule has 1 fully saturated rings. The van der Waals surface area contributed by atoms with Crippen molar-refractivity contribution in [1.29, 1.82) is 5.41 Å². The van der Waals surface area contributed by atoms with Gasteiger partial charge < -0.3 is 15.9 Å². The van der Waals surface area contributed by atoms with Gasteiger partial charge in [0.05, 0.1) is 5.41 Å². The summed E-state index contributed by atoms with van der Waals surface area (Å²) in [6.07, 6.45) is -4.54. The second-order valence-electron chi connectivity index (χ2n) is 4.13. The number of nitrogens with one attached hydrogen (secondary N) is 1. The van der Waals surface area contributed by atoms with Crippen molar-refractivity contribution in [3.05, 3.63) is 11.1 Å². The van der Waals surface area contributed by atoms with Gasteiger partial charge in [0.15, 0.2) is 0 Å². The Morgan fingerprint density at radius 2 is 2.06 bits per heavy atom. The summed E-state index contributed by atoms with van der Waals surface area (Å²) in [4.78, 5) is 21.6. The van der Waals surface area contributed by atoms with E-state index < -0.39 is 34.4 Å². The zero-order chi connectivity index (χ0) is 13.4. The lowest BCUT2D eigenvalue weighted by Gasteiger charge is -2.16. The average molecular weight is 248 g/mol. The van der Waals surface area contributed by atoms with Crippen LogP contribution in [-0.2, 0) is 9.59 Å². The second-order valence-corrected chi connectivity index (χ2v) is 4.13. The summed E-state index contributed by atoms with van der Waals surface area (Å²) >= 11 is 0. The molecule has 0 radical (unpaired) electrons. The quantitative estimate of drug-likeness (QED) is 0.571. The summed E-state index contributed by atoms with van der Waals surface area (Å²) in [6, 6.07) is 0. The van der Waals surface area contributed by atoms with Gasteiger partial charge in [-0.15, -0.1) is 0 Å². The molecular formula is C10H11F3N2O2. The molecule has 1 rings (SSSR count). The minimum atomic E-state index is -4.90. The maximum Gasteiger partial charge on any atom is 0.422 e. The van der Waals surface area contributed by atoms with Gasteiger partial charge in [-0.2, -0.15) is 13.2 Å². The highest BCUT2D eigenvalue weighted by molar-refractivity contribution is 6.16. The number of hydrogen-bond acceptors (Lipinski definition) is 3. The van der Waals surface area contributed by atoms with Gasteiger partial charge in [0, 0.05) is 5.71 Å². The van der Waals surface area contributed by atoms with Crippen LogP contribution in [0.25, 0.3) is 0 Å². The summed E-state index contributed by atoms with van der Waals surface area (Å²) in [5.74, 6) is -1.62. The number of carbonyl (C=O) groups is 2. The average Bonchev–Trinajstić information content (AvgIpc) is 2.45. The van der Waals surface area contributed by atoms with Crippen LogP contribution >= 0.6 is 0 Å². The highest BCUT2D eigenvalue weighted by Gasteiger charge is 2.46. The topological polar surface area (TPSA) is 84.0 Å². The Bertz CT molecular complexity index is 426. The van der Waals surface area contributed by atoms with E-state index in [2.05, 4.69) is 0 Å². The summed E-state index contributed by atoms with van der Waals surface area (Å²) in [5.41, 5.74) is 0.964. The summed E-state index contributed by atoms with van der Waals surface area (Å²) in [6.45, 7) is 1.37. The lowest BCUT2D eigenvalue weighted by molar-refractivity contribution is -0.128. The van der Waals surface area contributed by atoms with Crippen LogP contribution in [0.1, 0.15) is 19.8 Å². The van der Waals surface area contributed by atoms with Crippen molar-refractivity contribution in [2.45, 2.75) is 25.9 Å². The number of rotatable bonds is 2. The summed E-state index contributed by atoms with van der Waals surface area (Å²) in [7, 11) is 0. The predicted molar refractivity (Wildman–Crippen MR) is 53.4 cm³/mol. The van der Waals surface area contributed by atoms with Gasteiger partial charge in [0.1, 0.15) is 11.9 Å². The van der Waals surface area contributed by atoms with Crippen molar-refractivity contribution < 1.29 is 22.8 Å². The van der Waals surface area contributed by atoms with Crippen LogP contribution in [0.2, 0.25) is 0 Å². The van der Waals surface area contributed by atoms with Crippen LogP contribution in [0, 0.1) is 10.8 Å². The zero-order valence-electron chi connectivity index (χ0n) is 9.02. The van der Waals surface area contributed by atoms with Gasteiger partial charge >= 0.3 is 6.18 Å². The standard InChI is InChI=1S/C10H11F3N2O2/c1-9(4-16)3-2-5(7(9)14)6(8(15)17)10(11,12)13/h4,14H,2-3H2,1H3,(H2,15,17)/b6-5+,14-7?. The Morgan fingerprint density at radius 3 is 2.35 bits per heavy atom. The maximum atomic E-state index is 12.6. The van der Waals surface area contributed by atoms with E-state index in [9.17, 15) is 22.8 Å². The van der Waals surface area contributed by atoms with E-state index in [4.69, 9.17) is 11.1 Å². The monoisotopic (exact) mass is 248 g/mol. The lowest BCUT2D eigenvalue weighted by Crippen LogP contribution is -2.31. The number of aldehydes is 1. The van der Waals surface area contributed by atoms with Gasteiger partial charge in [-0.25, -0.2) is 0 Å². The molecule has 0 aromatic rings. The first-order valence-corrected chi connectivity index (χ1v) is 4.79. The van der Waals surface area contributed by atoms with Crippen LogP contribution in [0.5, 0.6) is 0 Å². The largest absolute Gasteiger partial charge is 0.422 e. The third kappa shape index (κ3) is 2.22. The Balaban J connectivity index is 3.36. The van der Waals surface area contributed by atoms with E-state index in [0.717, 1.165) is 0 Å². The Morgan fingerprint density at radius 1 is 1.53 bits per heavy atom. The number of hydrogen-bond donors (Lipinski definition) is 2. The highest BCUT2D eigenvalue weighted by Crippen LogP contribution is 2.41. The molecule has 7 heteroatoms. The highest BCUT2D eigenvalue weighted by atomic mass is 19.4. The molecule has 17 heavy (non-hydrogen) atoms. The van der Waals surface area contributed by atoms with Crippen LogP contribution in [0.3, 0.4) is 0 Å². The predicted octanol–water partition coefficient (Wildman–Crippen LogP) is 1.35. The van der Waals surface area contributed by atoms with E-state index in [1.54, 1.807) is 0 Å². The van der Waals surface area contributed by atoms with E-state index in [-0.39, 0.29) is 12.8 Å². The van der Waals surface area contributed by atoms with Gasteiger partial charge in [-0.3, -0.25) is 4.79 Å². The lowest BCUT2D eigenvalue weighted by atomic mass is 9.88. The molecule has 1 atom stereocenters. The molecule has 1 aliphatic rings. The first kappa shape index (κ1) is 13.4. The first-order valence-electron chi connectivity index (χ1n) is 4.79. The molecule has 1 aliphatic carbocycles. The fourth-order valence-corrected chi connectivity index (χ4v) is 1.81. The molecule has 1 amide bonds. The minimum absolute atomic E-state index is 0.0809. The zero-order valence-corrected chi connectivity index (χ0v) is 9.02. The molecule has 0 aromatic carbocycles.